The van der Waals surface area contributed by atoms with Gasteiger partial charge in [-0.05, 0) is 24.8 Å². The minimum atomic E-state index is 0.0647. The molecule has 5 nitrogen and oxygen atoms in total. The van der Waals surface area contributed by atoms with Gasteiger partial charge in [0.2, 0.25) is 5.91 Å². The van der Waals surface area contributed by atoms with E-state index in [9.17, 15) is 4.79 Å². The average Bonchev–Trinajstić information content (AvgIpc) is 3.03. The normalized spacial score (nSPS) is 14.4. The van der Waals surface area contributed by atoms with Gasteiger partial charge in [0.1, 0.15) is 0 Å². The standard InChI is InChI=1S/C14H18N4OS/c1-18-8-10(6-16-18)2-5-13(19)15-7-12-9-20-14(17-12)11-3-4-11/h6,8-9,11H,2-5,7H2,1H3,(H,15,19). The quantitative estimate of drug-likeness (QED) is 0.885. The summed E-state index contributed by atoms with van der Waals surface area (Å²) in [6.45, 7) is 0.537. The van der Waals surface area contributed by atoms with Gasteiger partial charge >= 0.3 is 0 Å². The average molecular weight is 290 g/mol. The van der Waals surface area contributed by atoms with E-state index in [4.69, 9.17) is 0 Å². The molecular formula is C14H18N4OS. The van der Waals surface area contributed by atoms with Crippen molar-refractivity contribution >= 4 is 17.2 Å². The molecule has 0 atom stereocenters. The predicted molar refractivity (Wildman–Crippen MR) is 77.5 cm³/mol. The molecule has 0 spiro atoms. The molecule has 1 aliphatic carbocycles. The largest absolute Gasteiger partial charge is 0.350 e. The Morgan fingerprint density at radius 3 is 3.10 bits per heavy atom. The summed E-state index contributed by atoms with van der Waals surface area (Å²) in [5.74, 6) is 0.754. The first-order chi connectivity index (χ1) is 9.70. The summed E-state index contributed by atoms with van der Waals surface area (Å²) in [6.07, 6.45) is 7.50. The first-order valence-corrected chi connectivity index (χ1v) is 7.77. The van der Waals surface area contributed by atoms with Crippen molar-refractivity contribution in [3.05, 3.63) is 34.0 Å². The third-order valence-electron chi connectivity index (χ3n) is 3.36. The maximum Gasteiger partial charge on any atom is 0.220 e. The molecule has 0 aromatic carbocycles. The Morgan fingerprint density at radius 1 is 1.55 bits per heavy atom. The number of aromatic nitrogens is 3. The smallest absolute Gasteiger partial charge is 0.220 e. The Labute approximate surface area is 122 Å². The van der Waals surface area contributed by atoms with Crippen LogP contribution in [0.1, 0.15) is 41.4 Å². The highest BCUT2D eigenvalue weighted by molar-refractivity contribution is 7.09. The Morgan fingerprint density at radius 2 is 2.40 bits per heavy atom. The van der Waals surface area contributed by atoms with Gasteiger partial charge in [-0.1, -0.05) is 0 Å². The molecule has 0 unspecified atom stereocenters. The van der Waals surface area contributed by atoms with Crippen molar-refractivity contribution in [2.75, 3.05) is 0 Å². The lowest BCUT2D eigenvalue weighted by molar-refractivity contribution is -0.121. The number of carbonyl (C=O) groups is 1. The Kier molecular flexibility index (Phi) is 3.82. The van der Waals surface area contributed by atoms with E-state index in [1.807, 2.05) is 13.2 Å². The van der Waals surface area contributed by atoms with Crippen LogP contribution < -0.4 is 5.32 Å². The number of rotatable bonds is 6. The van der Waals surface area contributed by atoms with Crippen LogP contribution in [0, 0.1) is 0 Å². The van der Waals surface area contributed by atoms with E-state index < -0.39 is 0 Å². The van der Waals surface area contributed by atoms with Crippen molar-refractivity contribution in [3.8, 4) is 0 Å². The third-order valence-corrected chi connectivity index (χ3v) is 4.42. The molecule has 2 aromatic heterocycles. The third kappa shape index (κ3) is 3.45. The fraction of sp³-hybridized carbons (Fsp3) is 0.500. The minimum Gasteiger partial charge on any atom is -0.350 e. The summed E-state index contributed by atoms with van der Waals surface area (Å²) in [6, 6.07) is 0. The molecule has 20 heavy (non-hydrogen) atoms. The van der Waals surface area contributed by atoms with E-state index in [1.165, 1.54) is 17.8 Å². The number of hydrogen-bond donors (Lipinski definition) is 1. The fourth-order valence-corrected chi connectivity index (χ4v) is 3.05. The zero-order valence-corrected chi connectivity index (χ0v) is 12.3. The lowest BCUT2D eigenvalue weighted by Gasteiger charge is -2.02. The lowest BCUT2D eigenvalue weighted by atomic mass is 10.2. The van der Waals surface area contributed by atoms with Gasteiger partial charge in [-0.15, -0.1) is 11.3 Å². The van der Waals surface area contributed by atoms with E-state index in [0.29, 0.717) is 18.9 Å². The van der Waals surface area contributed by atoms with E-state index in [1.54, 1.807) is 22.2 Å². The van der Waals surface area contributed by atoms with E-state index in [0.717, 1.165) is 17.7 Å². The number of amides is 1. The van der Waals surface area contributed by atoms with Gasteiger partial charge in [0.15, 0.2) is 0 Å². The molecule has 2 heterocycles. The molecule has 0 radical (unpaired) electrons. The molecule has 1 saturated carbocycles. The second-order valence-corrected chi connectivity index (χ2v) is 6.14. The monoisotopic (exact) mass is 290 g/mol. The maximum atomic E-state index is 11.8. The molecule has 6 heteroatoms. The van der Waals surface area contributed by atoms with Crippen molar-refractivity contribution in [2.45, 2.75) is 38.1 Å². The summed E-state index contributed by atoms with van der Waals surface area (Å²) < 4.78 is 1.75. The number of nitrogens with zero attached hydrogens (tertiary/aromatic N) is 3. The van der Waals surface area contributed by atoms with Crippen LogP contribution in [0.15, 0.2) is 17.8 Å². The molecule has 1 fully saturated rings. The van der Waals surface area contributed by atoms with Crippen LogP contribution in [0.25, 0.3) is 0 Å². The van der Waals surface area contributed by atoms with Gasteiger partial charge in [-0.2, -0.15) is 5.10 Å². The van der Waals surface area contributed by atoms with Crippen LogP contribution in [-0.4, -0.2) is 20.7 Å². The van der Waals surface area contributed by atoms with Crippen LogP contribution in [0.2, 0.25) is 0 Å². The van der Waals surface area contributed by atoms with Crippen LogP contribution >= 0.6 is 11.3 Å². The topological polar surface area (TPSA) is 59.8 Å². The van der Waals surface area contributed by atoms with E-state index in [-0.39, 0.29) is 5.91 Å². The van der Waals surface area contributed by atoms with Crippen molar-refractivity contribution in [1.82, 2.24) is 20.1 Å². The van der Waals surface area contributed by atoms with Crippen LogP contribution in [0.4, 0.5) is 0 Å². The SMILES string of the molecule is Cn1cc(CCC(=O)NCc2csc(C3CC3)n2)cn1. The summed E-state index contributed by atoms with van der Waals surface area (Å²) in [5.41, 5.74) is 2.07. The highest BCUT2D eigenvalue weighted by Crippen LogP contribution is 2.41. The summed E-state index contributed by atoms with van der Waals surface area (Å²) >= 11 is 1.71. The van der Waals surface area contributed by atoms with Gasteiger partial charge in [0.25, 0.3) is 0 Å². The molecule has 0 saturated heterocycles. The van der Waals surface area contributed by atoms with Crippen molar-refractivity contribution < 1.29 is 4.79 Å². The zero-order valence-electron chi connectivity index (χ0n) is 11.5. The number of nitrogens with one attached hydrogen (secondary N) is 1. The second-order valence-electron chi connectivity index (χ2n) is 5.25. The van der Waals surface area contributed by atoms with Crippen LogP contribution in [0.3, 0.4) is 0 Å². The lowest BCUT2D eigenvalue weighted by Crippen LogP contribution is -2.23. The van der Waals surface area contributed by atoms with Crippen molar-refractivity contribution in [3.63, 3.8) is 0 Å². The highest BCUT2D eigenvalue weighted by Gasteiger charge is 2.26. The second kappa shape index (κ2) is 5.75. The Hall–Kier alpha value is -1.69. The van der Waals surface area contributed by atoms with Crippen LogP contribution in [-0.2, 0) is 24.8 Å². The van der Waals surface area contributed by atoms with Crippen molar-refractivity contribution in [1.29, 1.82) is 0 Å². The van der Waals surface area contributed by atoms with E-state index in [2.05, 4.69) is 20.8 Å². The van der Waals surface area contributed by atoms with Gasteiger partial charge in [0.05, 0.1) is 23.4 Å². The molecule has 1 aliphatic rings. The fourth-order valence-electron chi connectivity index (χ4n) is 2.06. The van der Waals surface area contributed by atoms with Gasteiger partial charge in [-0.25, -0.2) is 4.98 Å². The molecule has 106 valence electrons. The Bertz CT molecular complexity index is 600. The first-order valence-electron chi connectivity index (χ1n) is 6.89. The summed E-state index contributed by atoms with van der Waals surface area (Å²) in [7, 11) is 1.88. The van der Waals surface area contributed by atoms with Gasteiger partial charge < -0.3 is 5.32 Å². The van der Waals surface area contributed by atoms with Gasteiger partial charge in [0, 0.05) is 31.0 Å². The molecule has 1 N–H and O–H groups in total. The van der Waals surface area contributed by atoms with Crippen LogP contribution in [0.5, 0.6) is 0 Å². The first kappa shape index (κ1) is 13.3. The number of aryl methyl sites for hydroxylation is 2. The number of hydrogen-bond acceptors (Lipinski definition) is 4. The minimum absolute atomic E-state index is 0.0647. The molecule has 2 aromatic rings. The van der Waals surface area contributed by atoms with Gasteiger partial charge in [-0.3, -0.25) is 9.48 Å². The highest BCUT2D eigenvalue weighted by atomic mass is 32.1. The summed E-state index contributed by atoms with van der Waals surface area (Å²) in [4.78, 5) is 16.3. The van der Waals surface area contributed by atoms with Crippen molar-refractivity contribution in [2.24, 2.45) is 7.05 Å². The molecule has 0 aliphatic heterocycles. The molecule has 0 bridgehead atoms. The number of carbonyl (C=O) groups excluding carboxylic acids is 1. The molecular weight excluding hydrogens is 272 g/mol. The molecule has 1 amide bonds. The van der Waals surface area contributed by atoms with E-state index >= 15 is 0 Å². The predicted octanol–water partition coefficient (Wildman–Crippen LogP) is 2.00. The Balaban J connectivity index is 1.41. The summed E-state index contributed by atoms with van der Waals surface area (Å²) in [5, 5.41) is 10.3. The number of thiazole rings is 1. The zero-order chi connectivity index (χ0) is 13.9. The maximum absolute atomic E-state index is 11.8. The molecule has 3 rings (SSSR count).